The van der Waals surface area contributed by atoms with Crippen molar-refractivity contribution < 1.29 is 19.2 Å². The van der Waals surface area contributed by atoms with Gasteiger partial charge in [-0.25, -0.2) is 0 Å². The summed E-state index contributed by atoms with van der Waals surface area (Å²) in [6.07, 6.45) is 0. The minimum atomic E-state index is -0.481. The van der Waals surface area contributed by atoms with Gasteiger partial charge in [0.15, 0.2) is 11.5 Å². The molecule has 8 heteroatoms. The summed E-state index contributed by atoms with van der Waals surface area (Å²) in [7, 11) is 0. The Bertz CT molecular complexity index is 839. The van der Waals surface area contributed by atoms with Crippen molar-refractivity contribution in [3.05, 3.63) is 56.0 Å². The molecule has 1 N–H and O–H groups in total. The number of nitrogens with zero attached hydrogens (tertiary/aromatic N) is 1. The van der Waals surface area contributed by atoms with Gasteiger partial charge in [0.1, 0.15) is 0 Å². The van der Waals surface area contributed by atoms with E-state index in [2.05, 4.69) is 21.2 Å². The molecule has 0 fully saturated rings. The summed E-state index contributed by atoms with van der Waals surface area (Å²) < 4.78 is 11.7. The zero-order valence-electron chi connectivity index (χ0n) is 14.7. The third-order valence-corrected chi connectivity index (χ3v) is 4.20. The maximum absolute atomic E-state index is 12.6. The molecule has 2 aromatic rings. The van der Waals surface area contributed by atoms with Crippen molar-refractivity contribution in [2.24, 2.45) is 0 Å². The first-order valence-electron chi connectivity index (χ1n) is 8.03. The van der Waals surface area contributed by atoms with Crippen LogP contribution in [0.2, 0.25) is 0 Å². The van der Waals surface area contributed by atoms with Crippen LogP contribution in [-0.2, 0) is 0 Å². The van der Waals surface area contributed by atoms with Gasteiger partial charge in [0.05, 0.1) is 33.9 Å². The minimum absolute atomic E-state index is 0.0503. The molecule has 0 unspecified atom stereocenters. The van der Waals surface area contributed by atoms with Crippen molar-refractivity contribution in [3.8, 4) is 11.5 Å². The van der Waals surface area contributed by atoms with Crippen LogP contribution in [0, 0.1) is 17.0 Å². The van der Waals surface area contributed by atoms with Crippen molar-refractivity contribution in [1.82, 2.24) is 0 Å². The van der Waals surface area contributed by atoms with Crippen LogP contribution in [0.1, 0.15) is 29.8 Å². The summed E-state index contributed by atoms with van der Waals surface area (Å²) >= 11 is 3.39. The molecule has 0 aliphatic carbocycles. The second kappa shape index (κ2) is 8.66. The van der Waals surface area contributed by atoms with E-state index in [4.69, 9.17) is 9.47 Å². The highest BCUT2D eigenvalue weighted by Crippen LogP contribution is 2.37. The molecule has 0 atom stereocenters. The lowest BCUT2D eigenvalue weighted by molar-refractivity contribution is -0.385. The third kappa shape index (κ3) is 4.32. The zero-order valence-corrected chi connectivity index (χ0v) is 16.3. The molecular weight excluding hydrogens is 404 g/mol. The summed E-state index contributed by atoms with van der Waals surface area (Å²) in [6.45, 7) is 6.16. The number of carbonyl (C=O) groups excluding carboxylic acids is 1. The Hall–Kier alpha value is -2.61. The Labute approximate surface area is 159 Å². The number of nitro groups is 1. The average Bonchev–Trinajstić information content (AvgIpc) is 2.59. The monoisotopic (exact) mass is 422 g/mol. The number of hydrogen-bond acceptors (Lipinski definition) is 5. The van der Waals surface area contributed by atoms with Crippen LogP contribution in [0.4, 0.5) is 11.4 Å². The number of nitro benzene ring substituents is 1. The Morgan fingerprint density at radius 1 is 1.23 bits per heavy atom. The number of benzene rings is 2. The average molecular weight is 423 g/mol. The first kappa shape index (κ1) is 19.7. The van der Waals surface area contributed by atoms with E-state index in [1.54, 1.807) is 25.1 Å². The first-order valence-corrected chi connectivity index (χ1v) is 8.82. The maximum Gasteiger partial charge on any atom is 0.274 e. The summed E-state index contributed by atoms with van der Waals surface area (Å²) in [6, 6.07) is 7.75. The maximum atomic E-state index is 12.6. The largest absolute Gasteiger partial charge is 0.490 e. The molecule has 0 aliphatic rings. The fourth-order valence-corrected chi connectivity index (χ4v) is 2.95. The predicted molar refractivity (Wildman–Crippen MR) is 102 cm³/mol. The highest BCUT2D eigenvalue weighted by molar-refractivity contribution is 9.10. The second-order valence-electron chi connectivity index (χ2n) is 5.31. The van der Waals surface area contributed by atoms with E-state index in [9.17, 15) is 14.9 Å². The fraction of sp³-hybridized carbons (Fsp3) is 0.278. The SMILES string of the molecule is CCOc1cc(C(=O)Nc2cccc([N+](=O)[O-])c2C)cc(Br)c1OCC. The number of anilines is 1. The van der Waals surface area contributed by atoms with Gasteiger partial charge in [0, 0.05) is 11.6 Å². The number of halogens is 1. The van der Waals surface area contributed by atoms with Gasteiger partial charge in [-0.1, -0.05) is 6.07 Å². The molecule has 138 valence electrons. The van der Waals surface area contributed by atoms with Crippen molar-refractivity contribution in [2.75, 3.05) is 18.5 Å². The standard InChI is InChI=1S/C18H19BrN2O5/c1-4-25-16-10-12(9-13(19)17(16)26-5-2)18(22)20-14-7-6-8-15(11(14)3)21(23)24/h6-10H,4-5H2,1-3H3,(H,20,22). The molecule has 0 bridgehead atoms. The number of rotatable bonds is 7. The molecule has 0 saturated carbocycles. The van der Waals surface area contributed by atoms with Crippen molar-refractivity contribution in [2.45, 2.75) is 20.8 Å². The van der Waals surface area contributed by atoms with Gasteiger partial charge in [-0.3, -0.25) is 14.9 Å². The summed E-state index contributed by atoms with van der Waals surface area (Å²) in [5.74, 6) is 0.570. The van der Waals surface area contributed by atoms with Gasteiger partial charge >= 0.3 is 0 Å². The van der Waals surface area contributed by atoms with E-state index in [1.165, 1.54) is 12.1 Å². The topological polar surface area (TPSA) is 90.7 Å². The van der Waals surface area contributed by atoms with E-state index in [0.29, 0.717) is 46.0 Å². The zero-order chi connectivity index (χ0) is 19.3. The van der Waals surface area contributed by atoms with E-state index in [-0.39, 0.29) is 5.69 Å². The Balaban J connectivity index is 2.36. The first-order chi connectivity index (χ1) is 12.4. The van der Waals surface area contributed by atoms with E-state index in [1.807, 2.05) is 13.8 Å². The molecule has 26 heavy (non-hydrogen) atoms. The van der Waals surface area contributed by atoms with Crippen LogP contribution in [0.5, 0.6) is 11.5 Å². The van der Waals surface area contributed by atoms with Crippen LogP contribution in [0.25, 0.3) is 0 Å². The van der Waals surface area contributed by atoms with Gasteiger partial charge in [0.25, 0.3) is 11.6 Å². The van der Waals surface area contributed by atoms with E-state index < -0.39 is 10.8 Å². The normalized spacial score (nSPS) is 10.3. The van der Waals surface area contributed by atoms with Crippen LogP contribution in [0.15, 0.2) is 34.8 Å². The lowest BCUT2D eigenvalue weighted by Gasteiger charge is -2.15. The Morgan fingerprint density at radius 2 is 1.92 bits per heavy atom. The van der Waals surface area contributed by atoms with E-state index in [0.717, 1.165) is 0 Å². The van der Waals surface area contributed by atoms with Crippen LogP contribution in [0.3, 0.4) is 0 Å². The lowest BCUT2D eigenvalue weighted by Crippen LogP contribution is -2.14. The lowest BCUT2D eigenvalue weighted by atomic mass is 10.1. The van der Waals surface area contributed by atoms with Crippen LogP contribution < -0.4 is 14.8 Å². The van der Waals surface area contributed by atoms with Gasteiger partial charge in [-0.2, -0.15) is 0 Å². The van der Waals surface area contributed by atoms with E-state index >= 15 is 0 Å². The predicted octanol–water partition coefficient (Wildman–Crippen LogP) is 4.72. The fourth-order valence-electron chi connectivity index (χ4n) is 2.40. The van der Waals surface area contributed by atoms with Gasteiger partial charge < -0.3 is 14.8 Å². The summed E-state index contributed by atoms with van der Waals surface area (Å²) in [4.78, 5) is 23.2. The highest BCUT2D eigenvalue weighted by atomic mass is 79.9. The Morgan fingerprint density at radius 3 is 2.54 bits per heavy atom. The summed E-state index contributed by atoms with van der Waals surface area (Å²) in [5, 5.41) is 13.8. The quantitative estimate of drug-likeness (QED) is 0.514. The highest BCUT2D eigenvalue weighted by Gasteiger charge is 2.18. The molecular formula is C18H19BrN2O5. The number of hydrogen-bond donors (Lipinski definition) is 1. The molecule has 1 amide bonds. The molecule has 0 heterocycles. The van der Waals surface area contributed by atoms with Crippen molar-refractivity contribution in [1.29, 1.82) is 0 Å². The van der Waals surface area contributed by atoms with Crippen molar-refractivity contribution >= 4 is 33.2 Å². The second-order valence-corrected chi connectivity index (χ2v) is 6.17. The molecule has 2 aromatic carbocycles. The van der Waals surface area contributed by atoms with Crippen LogP contribution >= 0.6 is 15.9 Å². The third-order valence-electron chi connectivity index (χ3n) is 3.61. The van der Waals surface area contributed by atoms with Crippen LogP contribution in [-0.4, -0.2) is 24.0 Å². The molecule has 0 spiro atoms. The molecule has 0 aromatic heterocycles. The molecule has 0 radical (unpaired) electrons. The number of amides is 1. The number of nitrogens with one attached hydrogen (secondary N) is 1. The molecule has 0 aliphatic heterocycles. The number of carbonyl (C=O) groups is 1. The molecule has 7 nitrogen and oxygen atoms in total. The summed E-state index contributed by atoms with van der Waals surface area (Å²) in [5.41, 5.74) is 1.06. The Kier molecular flexibility index (Phi) is 6.57. The van der Waals surface area contributed by atoms with Crippen molar-refractivity contribution in [3.63, 3.8) is 0 Å². The van der Waals surface area contributed by atoms with Gasteiger partial charge in [-0.05, 0) is 54.9 Å². The molecule has 0 saturated heterocycles. The smallest absolute Gasteiger partial charge is 0.274 e. The molecule has 2 rings (SSSR count). The number of ether oxygens (including phenoxy) is 2. The van der Waals surface area contributed by atoms with Gasteiger partial charge in [-0.15, -0.1) is 0 Å². The van der Waals surface area contributed by atoms with Gasteiger partial charge in [0.2, 0.25) is 0 Å². The minimum Gasteiger partial charge on any atom is -0.490 e.